The van der Waals surface area contributed by atoms with E-state index in [0.29, 0.717) is 18.5 Å². The van der Waals surface area contributed by atoms with Crippen LogP contribution in [0.4, 0.5) is 4.79 Å². The standard InChI is InChI=1S/C27H25N3O5/c31-24(32)17-9-12-28-18(13-17)14-29-25(33)27(10-11-27)16-30-26(34)35-15-23-21-7-3-1-5-19(21)20-6-2-4-8-22(20)23/h1-9,12-13,23H,10-11,14-16H2,(H,29,33)(H,30,34)(H,31,32). The number of pyridine rings is 1. The highest BCUT2D eigenvalue weighted by Gasteiger charge is 2.50. The lowest BCUT2D eigenvalue weighted by Crippen LogP contribution is -2.40. The van der Waals surface area contributed by atoms with Gasteiger partial charge in [-0.05, 0) is 47.2 Å². The number of carboxylic acids is 1. The fraction of sp³-hybridized carbons (Fsp3) is 0.259. The van der Waals surface area contributed by atoms with Gasteiger partial charge in [0.05, 0.1) is 23.2 Å². The van der Waals surface area contributed by atoms with E-state index in [1.807, 2.05) is 24.3 Å². The predicted octanol–water partition coefficient (Wildman–Crippen LogP) is 3.71. The highest BCUT2D eigenvalue weighted by atomic mass is 16.5. The van der Waals surface area contributed by atoms with Crippen LogP contribution < -0.4 is 10.6 Å². The maximum Gasteiger partial charge on any atom is 0.407 e. The Bertz CT molecular complexity index is 1260. The van der Waals surface area contributed by atoms with Crippen molar-refractivity contribution in [1.82, 2.24) is 15.6 Å². The molecule has 1 heterocycles. The third kappa shape index (κ3) is 4.59. The van der Waals surface area contributed by atoms with Crippen molar-refractivity contribution >= 4 is 18.0 Å². The Labute approximate surface area is 202 Å². The second kappa shape index (κ2) is 9.21. The van der Waals surface area contributed by atoms with Crippen molar-refractivity contribution < 1.29 is 24.2 Å². The van der Waals surface area contributed by atoms with Gasteiger partial charge in [0.15, 0.2) is 0 Å². The molecule has 8 nitrogen and oxygen atoms in total. The average molecular weight is 472 g/mol. The Morgan fingerprint density at radius 3 is 2.26 bits per heavy atom. The quantitative estimate of drug-likeness (QED) is 0.461. The summed E-state index contributed by atoms with van der Waals surface area (Å²) in [6.45, 7) is 0.509. The number of hydrogen-bond donors (Lipinski definition) is 3. The fourth-order valence-electron chi connectivity index (χ4n) is 4.59. The monoisotopic (exact) mass is 471 g/mol. The summed E-state index contributed by atoms with van der Waals surface area (Å²) >= 11 is 0. The van der Waals surface area contributed by atoms with E-state index < -0.39 is 17.5 Å². The molecule has 0 unspecified atom stereocenters. The van der Waals surface area contributed by atoms with E-state index in [-0.39, 0.29) is 37.1 Å². The van der Waals surface area contributed by atoms with Crippen LogP contribution in [0.2, 0.25) is 0 Å². The SMILES string of the molecule is O=C(NCC1(C(=O)NCc2cc(C(=O)O)ccn2)CC1)OCC1c2ccccc2-c2ccccc21. The number of carbonyl (C=O) groups is 3. The summed E-state index contributed by atoms with van der Waals surface area (Å²) in [5.74, 6) is -1.27. The van der Waals surface area contributed by atoms with Gasteiger partial charge in [-0.3, -0.25) is 9.78 Å². The molecule has 2 aliphatic rings. The number of nitrogens with one attached hydrogen (secondary N) is 2. The first kappa shape index (κ1) is 22.6. The van der Waals surface area contributed by atoms with Gasteiger partial charge in [0.1, 0.15) is 6.61 Å². The Kier molecular flexibility index (Phi) is 5.94. The molecule has 2 amide bonds. The highest BCUT2D eigenvalue weighted by Crippen LogP contribution is 2.46. The molecule has 3 N–H and O–H groups in total. The number of nitrogens with zero attached hydrogens (tertiary/aromatic N) is 1. The number of ether oxygens (including phenoxy) is 1. The zero-order chi connectivity index (χ0) is 24.4. The summed E-state index contributed by atoms with van der Waals surface area (Å²) in [4.78, 5) is 40.4. The number of aromatic carboxylic acids is 1. The van der Waals surface area contributed by atoms with E-state index in [1.54, 1.807) is 0 Å². The van der Waals surface area contributed by atoms with Crippen molar-refractivity contribution in [2.45, 2.75) is 25.3 Å². The summed E-state index contributed by atoms with van der Waals surface area (Å²) in [5.41, 5.74) is 4.50. The largest absolute Gasteiger partial charge is 0.478 e. The van der Waals surface area contributed by atoms with E-state index in [9.17, 15) is 14.4 Å². The number of hydrogen-bond acceptors (Lipinski definition) is 5. The molecule has 178 valence electrons. The second-order valence-corrected chi connectivity index (χ2v) is 8.98. The topological polar surface area (TPSA) is 118 Å². The molecular formula is C27H25N3O5. The van der Waals surface area contributed by atoms with Gasteiger partial charge in [0.2, 0.25) is 5.91 Å². The van der Waals surface area contributed by atoms with Crippen LogP contribution in [0.3, 0.4) is 0 Å². The lowest BCUT2D eigenvalue weighted by Gasteiger charge is -2.18. The first-order valence-corrected chi connectivity index (χ1v) is 11.5. The smallest absolute Gasteiger partial charge is 0.407 e. The summed E-state index contributed by atoms with van der Waals surface area (Å²) in [6.07, 6.45) is 2.16. The maximum absolute atomic E-state index is 12.7. The van der Waals surface area contributed by atoms with Crippen LogP contribution in [0.1, 0.15) is 45.9 Å². The van der Waals surface area contributed by atoms with Crippen LogP contribution in [0.5, 0.6) is 0 Å². The minimum absolute atomic E-state index is 0.0274. The van der Waals surface area contributed by atoms with E-state index in [2.05, 4.69) is 39.9 Å². The Balaban J connectivity index is 1.14. The summed E-state index contributed by atoms with van der Waals surface area (Å²) in [7, 11) is 0. The lowest BCUT2D eigenvalue weighted by atomic mass is 9.98. The summed E-state index contributed by atoms with van der Waals surface area (Å²) in [5, 5.41) is 14.6. The molecule has 0 spiro atoms. The third-order valence-electron chi connectivity index (χ3n) is 6.74. The average Bonchev–Trinajstić information content (AvgIpc) is 3.61. The number of alkyl carbamates (subject to hydrolysis) is 1. The number of fused-ring (bicyclic) bond motifs is 3. The molecule has 2 aliphatic carbocycles. The molecule has 3 aromatic rings. The van der Waals surface area contributed by atoms with Crippen molar-refractivity contribution in [1.29, 1.82) is 0 Å². The molecule has 0 radical (unpaired) electrons. The molecule has 0 bridgehead atoms. The van der Waals surface area contributed by atoms with Gasteiger partial charge < -0.3 is 20.5 Å². The van der Waals surface area contributed by atoms with Crippen LogP contribution in [0, 0.1) is 5.41 Å². The number of benzene rings is 2. The Morgan fingerprint density at radius 2 is 1.63 bits per heavy atom. The van der Waals surface area contributed by atoms with Crippen molar-refractivity contribution in [2.75, 3.05) is 13.2 Å². The third-order valence-corrected chi connectivity index (χ3v) is 6.74. The molecule has 0 atom stereocenters. The molecule has 8 heteroatoms. The molecule has 1 saturated carbocycles. The normalized spacial score (nSPS) is 15.0. The summed E-state index contributed by atoms with van der Waals surface area (Å²) in [6, 6.07) is 19.1. The van der Waals surface area contributed by atoms with Crippen molar-refractivity contribution in [3.05, 3.63) is 89.2 Å². The van der Waals surface area contributed by atoms with Crippen LogP contribution in [0.25, 0.3) is 11.1 Å². The highest BCUT2D eigenvalue weighted by molar-refractivity contribution is 5.88. The fourth-order valence-corrected chi connectivity index (χ4v) is 4.59. The van der Waals surface area contributed by atoms with Gasteiger partial charge in [-0.25, -0.2) is 9.59 Å². The van der Waals surface area contributed by atoms with Crippen molar-refractivity contribution in [3.8, 4) is 11.1 Å². The predicted molar refractivity (Wildman–Crippen MR) is 128 cm³/mol. The Hall–Kier alpha value is -4.20. The second-order valence-electron chi connectivity index (χ2n) is 8.98. The van der Waals surface area contributed by atoms with Crippen LogP contribution >= 0.6 is 0 Å². The minimum Gasteiger partial charge on any atom is -0.478 e. The molecule has 5 rings (SSSR count). The van der Waals surface area contributed by atoms with Gasteiger partial charge in [-0.2, -0.15) is 0 Å². The number of aromatic nitrogens is 1. The first-order chi connectivity index (χ1) is 17.0. The van der Waals surface area contributed by atoms with E-state index in [1.165, 1.54) is 18.3 Å². The molecular weight excluding hydrogens is 446 g/mol. The zero-order valence-electron chi connectivity index (χ0n) is 19.0. The molecule has 35 heavy (non-hydrogen) atoms. The molecule has 2 aromatic carbocycles. The zero-order valence-corrected chi connectivity index (χ0v) is 19.0. The number of amides is 2. The van der Waals surface area contributed by atoms with Gasteiger partial charge in [-0.1, -0.05) is 48.5 Å². The molecule has 1 aromatic heterocycles. The van der Waals surface area contributed by atoms with Gasteiger partial charge in [0.25, 0.3) is 0 Å². The van der Waals surface area contributed by atoms with Crippen molar-refractivity contribution in [2.24, 2.45) is 5.41 Å². The maximum atomic E-state index is 12.7. The van der Waals surface area contributed by atoms with E-state index in [0.717, 1.165) is 22.3 Å². The van der Waals surface area contributed by atoms with E-state index >= 15 is 0 Å². The van der Waals surface area contributed by atoms with Gasteiger partial charge in [0, 0.05) is 18.7 Å². The molecule has 0 aliphatic heterocycles. The van der Waals surface area contributed by atoms with Crippen LogP contribution in [-0.2, 0) is 16.1 Å². The van der Waals surface area contributed by atoms with Gasteiger partial charge in [-0.15, -0.1) is 0 Å². The number of rotatable bonds is 8. The first-order valence-electron chi connectivity index (χ1n) is 11.5. The number of carboxylic acid groups (broad SMARTS) is 1. The van der Waals surface area contributed by atoms with Crippen LogP contribution in [-0.4, -0.2) is 41.2 Å². The molecule has 0 saturated heterocycles. The lowest BCUT2D eigenvalue weighted by molar-refractivity contribution is -0.126. The molecule has 1 fully saturated rings. The minimum atomic E-state index is -1.05. The van der Waals surface area contributed by atoms with Crippen molar-refractivity contribution in [3.63, 3.8) is 0 Å². The summed E-state index contributed by atoms with van der Waals surface area (Å²) < 4.78 is 5.56. The van der Waals surface area contributed by atoms with Gasteiger partial charge >= 0.3 is 12.1 Å². The van der Waals surface area contributed by atoms with E-state index in [4.69, 9.17) is 9.84 Å². The Morgan fingerprint density at radius 1 is 0.971 bits per heavy atom. The van der Waals surface area contributed by atoms with Crippen LogP contribution in [0.15, 0.2) is 66.9 Å². The number of carbonyl (C=O) groups excluding carboxylic acids is 2.